The van der Waals surface area contributed by atoms with E-state index < -0.39 is 0 Å². The standard InChI is InChI=1S/C15H20N4O/c1-4-11-5-7-12(8-6-11)9(2)17-15(20)14-13(16)10(3)18-19-14/h5-9H,4,16H2,1-3H3,(H,17,20)(H,18,19). The van der Waals surface area contributed by atoms with Crippen molar-refractivity contribution in [3.05, 3.63) is 46.8 Å². The molecule has 0 bridgehead atoms. The molecule has 5 heteroatoms. The van der Waals surface area contributed by atoms with Gasteiger partial charge in [-0.3, -0.25) is 9.89 Å². The lowest BCUT2D eigenvalue weighted by molar-refractivity contribution is 0.0935. The second kappa shape index (κ2) is 5.77. The van der Waals surface area contributed by atoms with Gasteiger partial charge in [-0.25, -0.2) is 0 Å². The summed E-state index contributed by atoms with van der Waals surface area (Å²) in [7, 11) is 0. The van der Waals surface area contributed by atoms with Crippen molar-refractivity contribution in [2.24, 2.45) is 0 Å². The van der Waals surface area contributed by atoms with Crippen molar-refractivity contribution in [3.63, 3.8) is 0 Å². The summed E-state index contributed by atoms with van der Waals surface area (Å²) < 4.78 is 0. The van der Waals surface area contributed by atoms with E-state index in [0.717, 1.165) is 12.0 Å². The summed E-state index contributed by atoms with van der Waals surface area (Å²) in [5.41, 5.74) is 9.49. The van der Waals surface area contributed by atoms with Crippen LogP contribution in [0.3, 0.4) is 0 Å². The van der Waals surface area contributed by atoms with Gasteiger partial charge in [0.2, 0.25) is 0 Å². The van der Waals surface area contributed by atoms with E-state index in [1.807, 2.05) is 19.1 Å². The minimum Gasteiger partial charge on any atom is -0.395 e. The Bertz CT molecular complexity index is 601. The highest BCUT2D eigenvalue weighted by Crippen LogP contribution is 2.17. The number of hydrogen-bond donors (Lipinski definition) is 3. The van der Waals surface area contributed by atoms with E-state index in [1.54, 1.807) is 6.92 Å². The summed E-state index contributed by atoms with van der Waals surface area (Å²) in [5, 5.41) is 9.54. The van der Waals surface area contributed by atoms with Crippen LogP contribution in [0.5, 0.6) is 0 Å². The van der Waals surface area contributed by atoms with Crippen LogP contribution in [0.15, 0.2) is 24.3 Å². The number of benzene rings is 1. The van der Waals surface area contributed by atoms with Gasteiger partial charge in [0.25, 0.3) is 5.91 Å². The molecule has 0 saturated carbocycles. The van der Waals surface area contributed by atoms with E-state index in [2.05, 4.69) is 34.6 Å². The number of nitrogens with one attached hydrogen (secondary N) is 2. The van der Waals surface area contributed by atoms with Gasteiger partial charge in [-0.05, 0) is 31.4 Å². The fourth-order valence-corrected chi connectivity index (χ4v) is 2.00. The van der Waals surface area contributed by atoms with Crippen LogP contribution >= 0.6 is 0 Å². The molecule has 1 aromatic heterocycles. The molecule has 1 amide bonds. The molecule has 0 spiro atoms. The lowest BCUT2D eigenvalue weighted by Gasteiger charge is -2.14. The number of amides is 1. The predicted molar refractivity (Wildman–Crippen MR) is 79.4 cm³/mol. The number of aromatic amines is 1. The number of nitrogen functional groups attached to an aromatic ring is 1. The van der Waals surface area contributed by atoms with Crippen LogP contribution in [-0.4, -0.2) is 16.1 Å². The van der Waals surface area contributed by atoms with Gasteiger partial charge in [-0.15, -0.1) is 0 Å². The number of aromatic nitrogens is 2. The van der Waals surface area contributed by atoms with Gasteiger partial charge in [-0.1, -0.05) is 31.2 Å². The van der Waals surface area contributed by atoms with Crippen molar-refractivity contribution in [3.8, 4) is 0 Å². The Balaban J connectivity index is 2.08. The minimum atomic E-state index is -0.265. The van der Waals surface area contributed by atoms with Gasteiger partial charge in [0.15, 0.2) is 5.69 Å². The van der Waals surface area contributed by atoms with E-state index in [1.165, 1.54) is 5.56 Å². The number of rotatable bonds is 4. The fraction of sp³-hybridized carbons (Fsp3) is 0.333. The first-order chi connectivity index (χ1) is 9.52. The minimum absolute atomic E-state index is 0.0928. The Hall–Kier alpha value is -2.30. The number of hydrogen-bond acceptors (Lipinski definition) is 3. The van der Waals surface area contributed by atoms with Gasteiger partial charge < -0.3 is 11.1 Å². The summed E-state index contributed by atoms with van der Waals surface area (Å²) >= 11 is 0. The van der Waals surface area contributed by atoms with Crippen LogP contribution in [-0.2, 0) is 6.42 Å². The van der Waals surface area contributed by atoms with Crippen molar-refractivity contribution in [1.29, 1.82) is 0 Å². The zero-order chi connectivity index (χ0) is 14.7. The molecule has 20 heavy (non-hydrogen) atoms. The summed E-state index contributed by atoms with van der Waals surface area (Å²) in [4.78, 5) is 12.1. The molecule has 2 aromatic rings. The van der Waals surface area contributed by atoms with Gasteiger partial charge in [0, 0.05) is 0 Å². The van der Waals surface area contributed by atoms with Crippen molar-refractivity contribution < 1.29 is 4.79 Å². The number of H-pyrrole nitrogens is 1. The number of carbonyl (C=O) groups excluding carboxylic acids is 1. The zero-order valence-electron chi connectivity index (χ0n) is 12.0. The molecule has 0 aliphatic heterocycles. The third-order valence-electron chi connectivity index (χ3n) is 3.45. The molecule has 2 rings (SSSR count). The average molecular weight is 272 g/mol. The van der Waals surface area contributed by atoms with E-state index in [4.69, 9.17) is 5.73 Å². The Morgan fingerprint density at radius 1 is 1.40 bits per heavy atom. The smallest absolute Gasteiger partial charge is 0.274 e. The van der Waals surface area contributed by atoms with Gasteiger partial charge in [-0.2, -0.15) is 5.10 Å². The number of anilines is 1. The number of nitrogens with zero attached hydrogens (tertiary/aromatic N) is 1. The van der Waals surface area contributed by atoms with Crippen LogP contribution in [0.1, 0.15) is 47.2 Å². The Labute approximate surface area is 118 Å². The molecule has 0 aliphatic carbocycles. The first kappa shape index (κ1) is 14.1. The molecule has 5 nitrogen and oxygen atoms in total. The maximum absolute atomic E-state index is 12.1. The van der Waals surface area contributed by atoms with Gasteiger partial charge in [0.1, 0.15) is 0 Å². The Kier molecular flexibility index (Phi) is 4.08. The lowest BCUT2D eigenvalue weighted by Crippen LogP contribution is -2.27. The molecule has 106 valence electrons. The number of carbonyl (C=O) groups is 1. The molecule has 1 aromatic carbocycles. The monoisotopic (exact) mass is 272 g/mol. The van der Waals surface area contributed by atoms with E-state index >= 15 is 0 Å². The molecular weight excluding hydrogens is 252 g/mol. The van der Waals surface area contributed by atoms with Crippen molar-refractivity contribution in [2.45, 2.75) is 33.2 Å². The van der Waals surface area contributed by atoms with E-state index in [-0.39, 0.29) is 17.6 Å². The second-order valence-electron chi connectivity index (χ2n) is 4.90. The van der Waals surface area contributed by atoms with Crippen molar-refractivity contribution in [2.75, 3.05) is 5.73 Å². The largest absolute Gasteiger partial charge is 0.395 e. The topological polar surface area (TPSA) is 83.8 Å². The van der Waals surface area contributed by atoms with Crippen molar-refractivity contribution in [1.82, 2.24) is 15.5 Å². The molecule has 0 aliphatic rings. The quantitative estimate of drug-likeness (QED) is 0.798. The summed E-state index contributed by atoms with van der Waals surface area (Å²) in [5.74, 6) is -0.265. The first-order valence-electron chi connectivity index (χ1n) is 6.73. The summed E-state index contributed by atoms with van der Waals surface area (Å²) in [6.07, 6.45) is 1.00. The molecule has 0 radical (unpaired) electrons. The maximum atomic E-state index is 12.1. The summed E-state index contributed by atoms with van der Waals surface area (Å²) in [6, 6.07) is 8.12. The first-order valence-corrected chi connectivity index (χ1v) is 6.73. The molecule has 1 unspecified atom stereocenters. The predicted octanol–water partition coefficient (Wildman–Crippen LogP) is 2.35. The highest BCUT2D eigenvalue weighted by molar-refractivity contribution is 5.97. The van der Waals surface area contributed by atoms with Crippen LogP contribution in [0, 0.1) is 6.92 Å². The van der Waals surface area contributed by atoms with Crippen LogP contribution in [0.2, 0.25) is 0 Å². The Morgan fingerprint density at radius 2 is 2.05 bits per heavy atom. The molecule has 0 saturated heterocycles. The zero-order valence-corrected chi connectivity index (χ0v) is 12.0. The third-order valence-corrected chi connectivity index (χ3v) is 3.45. The van der Waals surface area contributed by atoms with Gasteiger partial charge >= 0.3 is 0 Å². The lowest BCUT2D eigenvalue weighted by atomic mass is 10.0. The van der Waals surface area contributed by atoms with Crippen LogP contribution in [0.4, 0.5) is 5.69 Å². The number of nitrogens with two attached hydrogens (primary N) is 1. The second-order valence-corrected chi connectivity index (χ2v) is 4.90. The van der Waals surface area contributed by atoms with Crippen LogP contribution < -0.4 is 11.1 Å². The fourth-order valence-electron chi connectivity index (χ4n) is 2.00. The van der Waals surface area contributed by atoms with Gasteiger partial charge in [0.05, 0.1) is 17.4 Å². The molecule has 1 atom stereocenters. The highest BCUT2D eigenvalue weighted by Gasteiger charge is 2.17. The average Bonchev–Trinajstić information content (AvgIpc) is 2.79. The van der Waals surface area contributed by atoms with Crippen LogP contribution in [0.25, 0.3) is 0 Å². The molecule has 4 N–H and O–H groups in total. The normalized spacial score (nSPS) is 12.2. The highest BCUT2D eigenvalue weighted by atomic mass is 16.2. The number of aryl methyl sites for hydroxylation is 2. The van der Waals surface area contributed by atoms with E-state index in [0.29, 0.717) is 11.4 Å². The Morgan fingerprint density at radius 3 is 2.55 bits per heavy atom. The van der Waals surface area contributed by atoms with Crippen molar-refractivity contribution >= 4 is 11.6 Å². The molecular formula is C15H20N4O. The molecule has 1 heterocycles. The SMILES string of the molecule is CCc1ccc(C(C)NC(=O)c2n[nH]c(C)c2N)cc1. The van der Waals surface area contributed by atoms with E-state index in [9.17, 15) is 4.79 Å². The maximum Gasteiger partial charge on any atom is 0.274 e. The molecule has 0 fully saturated rings. The summed E-state index contributed by atoms with van der Waals surface area (Å²) in [6.45, 7) is 5.84. The third kappa shape index (κ3) is 2.82.